The van der Waals surface area contributed by atoms with Crippen molar-refractivity contribution >= 4 is 5.97 Å². The van der Waals surface area contributed by atoms with Crippen LogP contribution in [0.2, 0.25) is 0 Å². The number of nitrogens with zero attached hydrogens (tertiary/aromatic N) is 1. The summed E-state index contributed by atoms with van der Waals surface area (Å²) in [4.78, 5) is 13.0. The van der Waals surface area contributed by atoms with Gasteiger partial charge in [0.25, 0.3) is 0 Å². The molecule has 0 aliphatic carbocycles. The van der Waals surface area contributed by atoms with Gasteiger partial charge >= 0.3 is 5.97 Å². The van der Waals surface area contributed by atoms with Crippen LogP contribution in [0.3, 0.4) is 0 Å². The van der Waals surface area contributed by atoms with E-state index in [0.29, 0.717) is 31.5 Å². The highest BCUT2D eigenvalue weighted by atomic mass is 19.1. The third-order valence-corrected chi connectivity index (χ3v) is 3.78. The predicted octanol–water partition coefficient (Wildman–Crippen LogP) is 2.68. The maximum absolute atomic E-state index is 13.7. The molecule has 0 radical (unpaired) electrons. The predicted molar refractivity (Wildman–Crippen MR) is 66.7 cm³/mol. The summed E-state index contributed by atoms with van der Waals surface area (Å²) in [5.41, 5.74) is 0.686. The Morgan fingerprint density at radius 3 is 2.56 bits per heavy atom. The van der Waals surface area contributed by atoms with E-state index >= 15 is 0 Å². The lowest BCUT2D eigenvalue weighted by atomic mass is 9.95. The Labute approximate surface area is 106 Å². The van der Waals surface area contributed by atoms with E-state index in [1.165, 1.54) is 6.07 Å². The van der Waals surface area contributed by atoms with Crippen LogP contribution in [0.1, 0.15) is 31.4 Å². The second-order valence-electron chi connectivity index (χ2n) is 4.85. The Kier molecular flexibility index (Phi) is 3.97. The molecule has 2 rings (SSSR count). The molecule has 0 spiro atoms. The number of carboxylic acids is 1. The molecule has 1 aliphatic heterocycles. The van der Waals surface area contributed by atoms with Crippen LogP contribution in [-0.4, -0.2) is 29.1 Å². The zero-order valence-corrected chi connectivity index (χ0v) is 10.5. The average molecular weight is 251 g/mol. The smallest absolute Gasteiger partial charge is 0.306 e. The third-order valence-electron chi connectivity index (χ3n) is 3.78. The molecule has 1 heterocycles. The number of benzene rings is 1. The van der Waals surface area contributed by atoms with E-state index in [1.807, 2.05) is 13.0 Å². The lowest BCUT2D eigenvalue weighted by molar-refractivity contribution is -0.143. The maximum Gasteiger partial charge on any atom is 0.306 e. The molecule has 98 valence electrons. The largest absolute Gasteiger partial charge is 0.481 e. The fourth-order valence-corrected chi connectivity index (χ4v) is 2.54. The van der Waals surface area contributed by atoms with Crippen LogP contribution in [0, 0.1) is 11.7 Å². The van der Waals surface area contributed by atoms with Gasteiger partial charge in [-0.3, -0.25) is 9.69 Å². The van der Waals surface area contributed by atoms with Crippen molar-refractivity contribution in [1.29, 1.82) is 0 Å². The highest BCUT2D eigenvalue weighted by molar-refractivity contribution is 5.70. The molecule has 0 bridgehead atoms. The Morgan fingerprint density at radius 2 is 2.00 bits per heavy atom. The minimum atomic E-state index is -0.715. The zero-order valence-electron chi connectivity index (χ0n) is 10.5. The van der Waals surface area contributed by atoms with Gasteiger partial charge in [-0.15, -0.1) is 0 Å². The molecule has 1 atom stereocenters. The van der Waals surface area contributed by atoms with Crippen LogP contribution in [-0.2, 0) is 4.79 Å². The number of halogens is 1. The molecule has 1 N–H and O–H groups in total. The summed E-state index contributed by atoms with van der Waals surface area (Å²) in [6.07, 6.45) is 1.29. The number of aliphatic carboxylic acids is 1. The highest BCUT2D eigenvalue weighted by Crippen LogP contribution is 2.27. The van der Waals surface area contributed by atoms with Crippen molar-refractivity contribution in [2.75, 3.05) is 13.1 Å². The third kappa shape index (κ3) is 2.70. The lowest BCUT2D eigenvalue weighted by Crippen LogP contribution is -2.38. The summed E-state index contributed by atoms with van der Waals surface area (Å²) < 4.78 is 13.7. The van der Waals surface area contributed by atoms with Gasteiger partial charge in [-0.05, 0) is 38.9 Å². The quantitative estimate of drug-likeness (QED) is 0.898. The number of likely N-dealkylation sites (tertiary alicyclic amines) is 1. The highest BCUT2D eigenvalue weighted by Gasteiger charge is 2.28. The van der Waals surface area contributed by atoms with E-state index in [1.54, 1.807) is 12.1 Å². The van der Waals surface area contributed by atoms with E-state index in [4.69, 9.17) is 5.11 Å². The summed E-state index contributed by atoms with van der Waals surface area (Å²) in [7, 11) is 0. The van der Waals surface area contributed by atoms with E-state index in [-0.39, 0.29) is 17.8 Å². The first-order chi connectivity index (χ1) is 8.59. The number of carboxylic acid groups (broad SMARTS) is 1. The normalized spacial score (nSPS) is 19.7. The van der Waals surface area contributed by atoms with Gasteiger partial charge in [0.2, 0.25) is 0 Å². The van der Waals surface area contributed by atoms with Crippen molar-refractivity contribution in [3.8, 4) is 0 Å². The molecular weight excluding hydrogens is 233 g/mol. The van der Waals surface area contributed by atoms with E-state index in [9.17, 15) is 9.18 Å². The minimum absolute atomic E-state index is 0.000875. The summed E-state index contributed by atoms with van der Waals surface area (Å²) in [5, 5.41) is 8.95. The fourth-order valence-electron chi connectivity index (χ4n) is 2.54. The molecule has 1 aromatic carbocycles. The number of hydrogen-bond acceptors (Lipinski definition) is 2. The molecule has 1 aromatic rings. The van der Waals surface area contributed by atoms with Crippen LogP contribution in [0.25, 0.3) is 0 Å². The summed E-state index contributed by atoms with van der Waals surface area (Å²) in [5.74, 6) is -1.15. The first kappa shape index (κ1) is 13.0. The van der Waals surface area contributed by atoms with Gasteiger partial charge in [0, 0.05) is 11.6 Å². The van der Waals surface area contributed by atoms with Crippen LogP contribution >= 0.6 is 0 Å². The summed E-state index contributed by atoms with van der Waals surface area (Å²) >= 11 is 0. The van der Waals surface area contributed by atoms with Crippen LogP contribution in [0.4, 0.5) is 4.39 Å². The van der Waals surface area contributed by atoms with E-state index in [0.717, 1.165) is 0 Å². The molecule has 0 aromatic heterocycles. The van der Waals surface area contributed by atoms with E-state index < -0.39 is 5.97 Å². The van der Waals surface area contributed by atoms with Gasteiger partial charge in [-0.1, -0.05) is 18.2 Å². The van der Waals surface area contributed by atoms with Crippen molar-refractivity contribution in [2.45, 2.75) is 25.8 Å². The van der Waals surface area contributed by atoms with Gasteiger partial charge < -0.3 is 5.11 Å². The lowest BCUT2D eigenvalue weighted by Gasteiger charge is -2.35. The second kappa shape index (κ2) is 5.48. The SMILES string of the molecule is CC(c1ccccc1F)N1CCC(C(=O)O)CC1. The average Bonchev–Trinajstić information content (AvgIpc) is 2.38. The van der Waals surface area contributed by atoms with Gasteiger partial charge in [-0.25, -0.2) is 4.39 Å². The number of rotatable bonds is 3. The fraction of sp³-hybridized carbons (Fsp3) is 0.500. The number of piperidine rings is 1. The zero-order chi connectivity index (χ0) is 13.1. The van der Waals surface area contributed by atoms with Crippen molar-refractivity contribution in [2.24, 2.45) is 5.92 Å². The number of carbonyl (C=O) groups is 1. The van der Waals surface area contributed by atoms with Crippen LogP contribution in [0.15, 0.2) is 24.3 Å². The first-order valence-corrected chi connectivity index (χ1v) is 6.31. The van der Waals surface area contributed by atoms with Crippen molar-refractivity contribution < 1.29 is 14.3 Å². The summed E-state index contributed by atoms with van der Waals surface area (Å²) in [6.45, 7) is 3.40. The standard InChI is InChI=1S/C14H18FNO2/c1-10(12-4-2-3-5-13(12)15)16-8-6-11(7-9-16)14(17)18/h2-5,10-11H,6-9H2,1H3,(H,17,18). The molecule has 1 saturated heterocycles. The Bertz CT molecular complexity index is 428. The molecule has 0 saturated carbocycles. The van der Waals surface area contributed by atoms with Crippen molar-refractivity contribution in [3.63, 3.8) is 0 Å². The van der Waals surface area contributed by atoms with E-state index in [2.05, 4.69) is 4.90 Å². The van der Waals surface area contributed by atoms with Crippen LogP contribution < -0.4 is 0 Å². The molecule has 1 fully saturated rings. The monoisotopic (exact) mass is 251 g/mol. The molecular formula is C14H18FNO2. The first-order valence-electron chi connectivity index (χ1n) is 6.31. The molecule has 4 heteroatoms. The Hall–Kier alpha value is -1.42. The van der Waals surface area contributed by atoms with Crippen LogP contribution in [0.5, 0.6) is 0 Å². The van der Waals surface area contributed by atoms with Gasteiger partial charge in [0.1, 0.15) is 5.82 Å². The maximum atomic E-state index is 13.7. The summed E-state index contributed by atoms with van der Waals surface area (Å²) in [6, 6.07) is 6.78. The van der Waals surface area contributed by atoms with Crippen molar-refractivity contribution in [1.82, 2.24) is 4.90 Å². The van der Waals surface area contributed by atoms with Crippen molar-refractivity contribution in [3.05, 3.63) is 35.6 Å². The second-order valence-corrected chi connectivity index (χ2v) is 4.85. The number of hydrogen-bond donors (Lipinski definition) is 1. The van der Waals surface area contributed by atoms with Gasteiger partial charge in [0.05, 0.1) is 5.92 Å². The molecule has 1 unspecified atom stereocenters. The minimum Gasteiger partial charge on any atom is -0.481 e. The molecule has 3 nitrogen and oxygen atoms in total. The Morgan fingerprint density at radius 1 is 1.39 bits per heavy atom. The molecule has 1 aliphatic rings. The molecule has 0 amide bonds. The van der Waals surface area contributed by atoms with Gasteiger partial charge in [0.15, 0.2) is 0 Å². The topological polar surface area (TPSA) is 40.5 Å². The van der Waals surface area contributed by atoms with Gasteiger partial charge in [-0.2, -0.15) is 0 Å². The molecule has 18 heavy (non-hydrogen) atoms. The Balaban J connectivity index is 2.02.